The lowest BCUT2D eigenvalue weighted by Crippen LogP contribution is -2.34. The number of hydrogen-bond donors (Lipinski definition) is 1. The van der Waals surface area contributed by atoms with Crippen molar-refractivity contribution in [2.45, 2.75) is 36.7 Å². The third-order valence-corrected chi connectivity index (χ3v) is 6.59. The summed E-state index contributed by atoms with van der Waals surface area (Å²) in [4.78, 5) is 23.9. The summed E-state index contributed by atoms with van der Waals surface area (Å²) in [5.74, 6) is -1.07. The molecule has 0 bridgehead atoms. The number of carbonyl (C=O) groups excluding carboxylic acids is 2. The molecule has 3 rings (SSSR count). The van der Waals surface area contributed by atoms with Gasteiger partial charge in [-0.25, -0.2) is 13.2 Å². The second-order valence-electron chi connectivity index (χ2n) is 6.65. The molecule has 1 aromatic rings. The van der Waals surface area contributed by atoms with E-state index < -0.39 is 21.9 Å². The van der Waals surface area contributed by atoms with E-state index >= 15 is 0 Å². The van der Waals surface area contributed by atoms with Gasteiger partial charge in [0, 0.05) is 26.2 Å². The van der Waals surface area contributed by atoms with Crippen LogP contribution in [0.3, 0.4) is 0 Å². The number of esters is 1. The summed E-state index contributed by atoms with van der Waals surface area (Å²) in [6, 6.07) is 5.58. The van der Waals surface area contributed by atoms with E-state index in [1.807, 2.05) is 0 Å². The Kier molecular flexibility index (Phi) is 6.46. The standard InChI is InChI=1S/C18H24N2O6S/c21-17(19-12-15-4-3-11-25-15)13-26-18(22)14-5-7-16(8-6-14)27(23,24)20-9-1-2-10-20/h5-8,15H,1-4,9-13H2,(H,19,21)/t15-/m1/s1. The predicted octanol–water partition coefficient (Wildman–Crippen LogP) is 0.923. The van der Waals surface area contributed by atoms with Crippen LogP contribution in [0.25, 0.3) is 0 Å². The van der Waals surface area contributed by atoms with Gasteiger partial charge in [-0.15, -0.1) is 0 Å². The van der Waals surface area contributed by atoms with E-state index in [0.29, 0.717) is 26.2 Å². The molecule has 0 unspecified atom stereocenters. The Bertz CT molecular complexity index is 766. The van der Waals surface area contributed by atoms with Crippen LogP contribution in [0.15, 0.2) is 29.2 Å². The van der Waals surface area contributed by atoms with E-state index in [4.69, 9.17) is 9.47 Å². The Labute approximate surface area is 158 Å². The lowest BCUT2D eigenvalue weighted by Gasteiger charge is -2.15. The Hall–Kier alpha value is -1.97. The first kappa shape index (κ1) is 19.8. The van der Waals surface area contributed by atoms with E-state index in [9.17, 15) is 18.0 Å². The second kappa shape index (κ2) is 8.81. The highest BCUT2D eigenvalue weighted by atomic mass is 32.2. The van der Waals surface area contributed by atoms with Crippen molar-refractivity contribution in [3.63, 3.8) is 0 Å². The molecule has 0 spiro atoms. The number of hydrogen-bond acceptors (Lipinski definition) is 6. The molecular weight excluding hydrogens is 372 g/mol. The van der Waals surface area contributed by atoms with Gasteiger partial charge in [-0.1, -0.05) is 0 Å². The number of carbonyl (C=O) groups is 2. The molecule has 148 valence electrons. The molecule has 1 aromatic carbocycles. The summed E-state index contributed by atoms with van der Waals surface area (Å²) < 4.78 is 36.7. The summed E-state index contributed by atoms with van der Waals surface area (Å²) in [5, 5.41) is 2.67. The van der Waals surface area contributed by atoms with Gasteiger partial charge in [0.1, 0.15) is 0 Å². The summed E-state index contributed by atoms with van der Waals surface area (Å²) in [6.45, 7) is 1.76. The van der Waals surface area contributed by atoms with Crippen LogP contribution in [0.4, 0.5) is 0 Å². The fourth-order valence-corrected chi connectivity index (χ4v) is 4.66. The van der Waals surface area contributed by atoms with Crippen LogP contribution in [0.5, 0.6) is 0 Å². The molecule has 0 radical (unpaired) electrons. The minimum Gasteiger partial charge on any atom is -0.452 e. The number of nitrogens with one attached hydrogen (secondary N) is 1. The average molecular weight is 396 g/mol. The first-order chi connectivity index (χ1) is 13.0. The molecule has 2 fully saturated rings. The van der Waals surface area contributed by atoms with Crippen molar-refractivity contribution in [1.82, 2.24) is 9.62 Å². The van der Waals surface area contributed by atoms with Crippen molar-refractivity contribution in [2.24, 2.45) is 0 Å². The SMILES string of the molecule is O=C(COC(=O)c1ccc(S(=O)(=O)N2CCCC2)cc1)NC[C@H]1CCCO1. The van der Waals surface area contributed by atoms with Gasteiger partial charge in [0.15, 0.2) is 6.61 Å². The molecule has 2 aliphatic rings. The van der Waals surface area contributed by atoms with Gasteiger partial charge in [0.25, 0.3) is 5.91 Å². The van der Waals surface area contributed by atoms with E-state index in [2.05, 4.69) is 5.32 Å². The van der Waals surface area contributed by atoms with Crippen molar-refractivity contribution in [2.75, 3.05) is 32.8 Å². The molecule has 0 aromatic heterocycles. The second-order valence-corrected chi connectivity index (χ2v) is 8.59. The zero-order chi connectivity index (χ0) is 19.3. The smallest absolute Gasteiger partial charge is 0.338 e. The lowest BCUT2D eigenvalue weighted by molar-refractivity contribution is -0.124. The van der Waals surface area contributed by atoms with Crippen LogP contribution in [0, 0.1) is 0 Å². The highest BCUT2D eigenvalue weighted by Crippen LogP contribution is 2.21. The van der Waals surface area contributed by atoms with E-state index in [1.165, 1.54) is 28.6 Å². The van der Waals surface area contributed by atoms with Crippen molar-refractivity contribution in [3.8, 4) is 0 Å². The van der Waals surface area contributed by atoms with Gasteiger partial charge < -0.3 is 14.8 Å². The van der Waals surface area contributed by atoms with Crippen LogP contribution in [0.1, 0.15) is 36.0 Å². The van der Waals surface area contributed by atoms with Crippen LogP contribution in [-0.4, -0.2) is 63.6 Å². The van der Waals surface area contributed by atoms with E-state index in [-0.39, 0.29) is 23.2 Å². The predicted molar refractivity (Wildman–Crippen MR) is 96.7 cm³/mol. The van der Waals surface area contributed by atoms with Crippen LogP contribution >= 0.6 is 0 Å². The first-order valence-corrected chi connectivity index (χ1v) is 10.6. The first-order valence-electron chi connectivity index (χ1n) is 9.12. The van der Waals surface area contributed by atoms with Gasteiger partial charge in [0.05, 0.1) is 16.6 Å². The summed E-state index contributed by atoms with van der Waals surface area (Å²) in [7, 11) is -3.52. The van der Waals surface area contributed by atoms with Crippen LogP contribution in [-0.2, 0) is 24.3 Å². The maximum absolute atomic E-state index is 12.5. The molecule has 27 heavy (non-hydrogen) atoms. The van der Waals surface area contributed by atoms with Gasteiger partial charge in [-0.3, -0.25) is 4.79 Å². The third kappa shape index (κ3) is 5.06. The normalized spacial score (nSPS) is 20.5. The molecule has 0 aliphatic carbocycles. The third-order valence-electron chi connectivity index (χ3n) is 4.68. The number of rotatable bonds is 7. The quantitative estimate of drug-likeness (QED) is 0.688. The molecule has 9 heteroatoms. The highest BCUT2D eigenvalue weighted by Gasteiger charge is 2.27. The Morgan fingerprint density at radius 3 is 2.48 bits per heavy atom. The number of ether oxygens (including phenoxy) is 2. The summed E-state index contributed by atoms with van der Waals surface area (Å²) >= 11 is 0. The van der Waals surface area contributed by atoms with Gasteiger partial charge in [0.2, 0.25) is 10.0 Å². The van der Waals surface area contributed by atoms with Crippen LogP contribution in [0.2, 0.25) is 0 Å². The molecular formula is C18H24N2O6S. The maximum atomic E-state index is 12.5. The van der Waals surface area contributed by atoms with Crippen LogP contribution < -0.4 is 5.32 Å². The zero-order valence-electron chi connectivity index (χ0n) is 15.1. The Balaban J connectivity index is 1.49. The highest BCUT2D eigenvalue weighted by molar-refractivity contribution is 7.89. The molecule has 0 saturated carbocycles. The summed E-state index contributed by atoms with van der Waals surface area (Å²) in [5.41, 5.74) is 0.197. The van der Waals surface area contributed by atoms with E-state index in [1.54, 1.807) is 0 Å². The average Bonchev–Trinajstić information content (AvgIpc) is 3.38. The molecule has 8 nitrogen and oxygen atoms in total. The minimum absolute atomic E-state index is 0.0229. The molecule has 1 amide bonds. The van der Waals surface area contributed by atoms with Gasteiger partial charge in [-0.2, -0.15) is 4.31 Å². The van der Waals surface area contributed by atoms with E-state index in [0.717, 1.165) is 25.7 Å². The molecule has 1 N–H and O–H groups in total. The monoisotopic (exact) mass is 396 g/mol. The fourth-order valence-electron chi connectivity index (χ4n) is 3.14. The van der Waals surface area contributed by atoms with Crippen molar-refractivity contribution >= 4 is 21.9 Å². The molecule has 2 saturated heterocycles. The number of sulfonamides is 1. The Morgan fingerprint density at radius 2 is 1.85 bits per heavy atom. The van der Waals surface area contributed by atoms with Gasteiger partial charge in [-0.05, 0) is 49.9 Å². The fraction of sp³-hybridized carbons (Fsp3) is 0.556. The maximum Gasteiger partial charge on any atom is 0.338 e. The summed E-state index contributed by atoms with van der Waals surface area (Å²) in [6.07, 6.45) is 3.64. The topological polar surface area (TPSA) is 102 Å². The number of amides is 1. The van der Waals surface area contributed by atoms with Crippen molar-refractivity contribution in [3.05, 3.63) is 29.8 Å². The molecule has 1 atom stereocenters. The van der Waals surface area contributed by atoms with Gasteiger partial charge >= 0.3 is 5.97 Å². The lowest BCUT2D eigenvalue weighted by atomic mass is 10.2. The number of nitrogens with zero attached hydrogens (tertiary/aromatic N) is 1. The van der Waals surface area contributed by atoms with Crippen molar-refractivity contribution < 1.29 is 27.5 Å². The zero-order valence-corrected chi connectivity index (χ0v) is 15.9. The Morgan fingerprint density at radius 1 is 1.15 bits per heavy atom. The minimum atomic E-state index is -3.52. The largest absolute Gasteiger partial charge is 0.452 e. The molecule has 2 heterocycles. The van der Waals surface area contributed by atoms with Crippen molar-refractivity contribution in [1.29, 1.82) is 0 Å². The number of benzene rings is 1. The molecule has 2 aliphatic heterocycles.